The van der Waals surface area contributed by atoms with Crippen LogP contribution in [-0.4, -0.2) is 21.2 Å². The number of aliphatic hydroxyl groups is 1. The Labute approximate surface area is 120 Å². The van der Waals surface area contributed by atoms with Crippen molar-refractivity contribution >= 4 is 11.8 Å². The molecule has 1 heterocycles. The van der Waals surface area contributed by atoms with Crippen LogP contribution in [0.2, 0.25) is 0 Å². The van der Waals surface area contributed by atoms with Crippen LogP contribution in [-0.2, 0) is 13.0 Å². The zero-order valence-electron chi connectivity index (χ0n) is 12.3. The Morgan fingerprint density at radius 2 is 2.32 bits per heavy atom. The van der Waals surface area contributed by atoms with Gasteiger partial charge in [0.25, 0.3) is 0 Å². The van der Waals surface area contributed by atoms with Gasteiger partial charge in [-0.25, -0.2) is 0 Å². The van der Waals surface area contributed by atoms with E-state index in [2.05, 4.69) is 38.0 Å². The summed E-state index contributed by atoms with van der Waals surface area (Å²) in [7, 11) is 0. The van der Waals surface area contributed by atoms with Crippen LogP contribution in [0.25, 0.3) is 0 Å². The molecule has 19 heavy (non-hydrogen) atoms. The molecule has 1 aromatic rings. The molecule has 106 valence electrons. The van der Waals surface area contributed by atoms with Crippen molar-refractivity contribution in [3.8, 4) is 0 Å². The maximum absolute atomic E-state index is 10.3. The molecule has 3 heteroatoms. The normalized spacial score (nSPS) is 21.2. The van der Waals surface area contributed by atoms with Gasteiger partial charge in [0.15, 0.2) is 0 Å². The number of hydrogen-bond acceptors (Lipinski definition) is 2. The van der Waals surface area contributed by atoms with Gasteiger partial charge >= 0.3 is 0 Å². The van der Waals surface area contributed by atoms with Gasteiger partial charge in [-0.1, -0.05) is 19.9 Å². The summed E-state index contributed by atoms with van der Waals surface area (Å²) in [5.74, 6) is 2.11. The zero-order valence-corrected chi connectivity index (χ0v) is 13.1. The molecule has 0 fully saturated rings. The molecular weight excluding hydrogens is 254 g/mol. The van der Waals surface area contributed by atoms with Gasteiger partial charge in [-0.2, -0.15) is 11.8 Å². The van der Waals surface area contributed by atoms with Crippen LogP contribution in [0.5, 0.6) is 0 Å². The third-order valence-corrected chi connectivity index (χ3v) is 4.84. The molecule has 1 aliphatic rings. The van der Waals surface area contributed by atoms with Crippen LogP contribution in [0.15, 0.2) is 18.7 Å². The van der Waals surface area contributed by atoms with E-state index in [9.17, 15) is 5.11 Å². The Balaban J connectivity index is 2.18. The summed E-state index contributed by atoms with van der Waals surface area (Å²) < 4.78 is 2.40. The minimum atomic E-state index is -0.292. The molecule has 0 spiro atoms. The first-order valence-electron chi connectivity index (χ1n) is 7.00. The van der Waals surface area contributed by atoms with Crippen molar-refractivity contribution in [3.05, 3.63) is 35.7 Å². The fraction of sp³-hybridized carbons (Fsp3) is 0.625. The number of aliphatic hydroxyl groups excluding tert-OH is 1. The standard InChI is InChI=1S/C16H25NOS/c1-5-7-19-8-6-17-12(2)9-13-14(17)10-16(3,4)11-15(13)18/h5,9,15,18H,1,6-8,10-11H2,2-4H3. The average molecular weight is 279 g/mol. The van der Waals surface area contributed by atoms with Gasteiger partial charge < -0.3 is 9.67 Å². The summed E-state index contributed by atoms with van der Waals surface area (Å²) in [5.41, 5.74) is 3.98. The van der Waals surface area contributed by atoms with E-state index < -0.39 is 0 Å². The van der Waals surface area contributed by atoms with E-state index >= 15 is 0 Å². The Morgan fingerprint density at radius 3 is 3.00 bits per heavy atom. The minimum Gasteiger partial charge on any atom is -0.388 e. The molecule has 0 aromatic carbocycles. The predicted molar refractivity (Wildman–Crippen MR) is 83.8 cm³/mol. The van der Waals surface area contributed by atoms with Gasteiger partial charge in [0.1, 0.15) is 0 Å². The summed E-state index contributed by atoms with van der Waals surface area (Å²) in [4.78, 5) is 0. The summed E-state index contributed by atoms with van der Waals surface area (Å²) >= 11 is 1.91. The van der Waals surface area contributed by atoms with Gasteiger partial charge in [0.2, 0.25) is 0 Å². The lowest BCUT2D eigenvalue weighted by atomic mass is 9.75. The van der Waals surface area contributed by atoms with E-state index in [0.717, 1.165) is 36.5 Å². The molecular formula is C16H25NOS. The third-order valence-electron chi connectivity index (χ3n) is 3.90. The van der Waals surface area contributed by atoms with Crippen molar-refractivity contribution in [2.45, 2.75) is 46.3 Å². The fourth-order valence-corrected chi connectivity index (χ4v) is 3.68. The fourth-order valence-electron chi connectivity index (χ4n) is 3.03. The van der Waals surface area contributed by atoms with E-state index in [1.54, 1.807) is 0 Å². The molecule has 2 nitrogen and oxygen atoms in total. The second-order valence-corrected chi connectivity index (χ2v) is 7.41. The number of rotatable bonds is 5. The highest BCUT2D eigenvalue weighted by atomic mass is 32.2. The first-order chi connectivity index (χ1) is 8.94. The van der Waals surface area contributed by atoms with Crippen LogP contribution in [0.1, 0.15) is 43.3 Å². The van der Waals surface area contributed by atoms with Crippen molar-refractivity contribution < 1.29 is 5.11 Å². The summed E-state index contributed by atoms with van der Waals surface area (Å²) in [6, 6.07) is 2.17. The average Bonchev–Trinajstić information content (AvgIpc) is 2.61. The quantitative estimate of drug-likeness (QED) is 0.656. The second kappa shape index (κ2) is 5.76. The summed E-state index contributed by atoms with van der Waals surface area (Å²) in [6.45, 7) is 11.4. The van der Waals surface area contributed by atoms with Crippen molar-refractivity contribution in [1.29, 1.82) is 0 Å². The summed E-state index contributed by atoms with van der Waals surface area (Å²) in [6.07, 6.45) is 3.60. The molecule has 1 atom stereocenters. The maximum atomic E-state index is 10.3. The number of hydrogen-bond donors (Lipinski definition) is 1. The van der Waals surface area contributed by atoms with Crippen molar-refractivity contribution in [2.75, 3.05) is 11.5 Å². The molecule has 0 bridgehead atoms. The number of nitrogens with zero attached hydrogens (tertiary/aromatic N) is 1. The Hall–Kier alpha value is -0.670. The lowest BCUT2D eigenvalue weighted by Crippen LogP contribution is -2.27. The van der Waals surface area contributed by atoms with E-state index in [1.165, 1.54) is 11.4 Å². The van der Waals surface area contributed by atoms with Crippen LogP contribution in [0.4, 0.5) is 0 Å². The van der Waals surface area contributed by atoms with E-state index in [0.29, 0.717) is 0 Å². The first-order valence-corrected chi connectivity index (χ1v) is 8.16. The Morgan fingerprint density at radius 1 is 1.58 bits per heavy atom. The number of thioether (sulfide) groups is 1. The molecule has 0 saturated heterocycles. The van der Waals surface area contributed by atoms with Crippen LogP contribution >= 0.6 is 11.8 Å². The summed E-state index contributed by atoms with van der Waals surface area (Å²) in [5, 5.41) is 10.3. The molecule has 0 amide bonds. The molecule has 0 aliphatic heterocycles. The van der Waals surface area contributed by atoms with Crippen molar-refractivity contribution in [2.24, 2.45) is 5.41 Å². The van der Waals surface area contributed by atoms with Gasteiger partial charge in [0.05, 0.1) is 6.10 Å². The van der Waals surface area contributed by atoms with Crippen LogP contribution in [0.3, 0.4) is 0 Å². The van der Waals surface area contributed by atoms with Crippen molar-refractivity contribution in [3.63, 3.8) is 0 Å². The smallest absolute Gasteiger partial charge is 0.0812 e. The lowest BCUT2D eigenvalue weighted by molar-refractivity contribution is 0.0980. The van der Waals surface area contributed by atoms with E-state index in [-0.39, 0.29) is 11.5 Å². The largest absolute Gasteiger partial charge is 0.388 e. The third kappa shape index (κ3) is 3.26. The topological polar surface area (TPSA) is 25.2 Å². The first kappa shape index (κ1) is 14.7. The molecule has 1 aromatic heterocycles. The molecule has 1 aliphatic carbocycles. The highest BCUT2D eigenvalue weighted by molar-refractivity contribution is 7.99. The molecule has 1 N–H and O–H groups in total. The highest BCUT2D eigenvalue weighted by Gasteiger charge is 2.33. The Bertz CT molecular complexity index is 462. The zero-order chi connectivity index (χ0) is 14.0. The highest BCUT2D eigenvalue weighted by Crippen LogP contribution is 2.41. The molecule has 0 saturated carbocycles. The van der Waals surface area contributed by atoms with E-state index in [4.69, 9.17) is 0 Å². The van der Waals surface area contributed by atoms with E-state index in [1.807, 2.05) is 17.8 Å². The molecule has 1 unspecified atom stereocenters. The monoisotopic (exact) mass is 279 g/mol. The van der Waals surface area contributed by atoms with Gasteiger partial charge in [-0.15, -0.1) is 6.58 Å². The van der Waals surface area contributed by atoms with Gasteiger partial charge in [-0.05, 0) is 31.2 Å². The Kier molecular flexibility index (Phi) is 4.46. The maximum Gasteiger partial charge on any atom is 0.0812 e. The van der Waals surface area contributed by atoms with Crippen LogP contribution < -0.4 is 0 Å². The number of aromatic nitrogens is 1. The SMILES string of the molecule is C=CCSCCn1c(C)cc2c1CC(C)(C)CC2O. The second-order valence-electron chi connectivity index (χ2n) is 6.26. The minimum absolute atomic E-state index is 0.198. The molecule has 2 rings (SSSR count). The number of aryl methyl sites for hydroxylation is 1. The predicted octanol–water partition coefficient (Wildman–Crippen LogP) is 3.72. The lowest BCUT2D eigenvalue weighted by Gasteiger charge is -2.34. The van der Waals surface area contributed by atoms with Gasteiger partial charge in [-0.3, -0.25) is 0 Å². The van der Waals surface area contributed by atoms with Crippen molar-refractivity contribution in [1.82, 2.24) is 4.57 Å². The molecule has 0 radical (unpaired) electrons. The number of fused-ring (bicyclic) bond motifs is 1. The van der Waals surface area contributed by atoms with Crippen LogP contribution in [0, 0.1) is 12.3 Å². The van der Waals surface area contributed by atoms with Gasteiger partial charge in [0, 0.05) is 35.0 Å².